The second kappa shape index (κ2) is 5.50. The summed E-state index contributed by atoms with van der Waals surface area (Å²) in [6.07, 6.45) is 6.98. The van der Waals surface area contributed by atoms with Gasteiger partial charge in [0.2, 0.25) is 0 Å². The summed E-state index contributed by atoms with van der Waals surface area (Å²) < 4.78 is 0. The SMILES string of the molecule is CC1CCCN(CC2(C)CCNCC2)CC1. The topological polar surface area (TPSA) is 15.3 Å². The monoisotopic (exact) mass is 224 g/mol. The number of hydrogen-bond donors (Lipinski definition) is 1. The molecule has 94 valence electrons. The van der Waals surface area contributed by atoms with Crippen LogP contribution in [-0.4, -0.2) is 37.6 Å². The minimum absolute atomic E-state index is 0.582. The van der Waals surface area contributed by atoms with Gasteiger partial charge < -0.3 is 10.2 Å². The van der Waals surface area contributed by atoms with E-state index in [1.807, 2.05) is 0 Å². The molecule has 0 aromatic heterocycles. The zero-order valence-electron chi connectivity index (χ0n) is 11.1. The van der Waals surface area contributed by atoms with Gasteiger partial charge in [-0.2, -0.15) is 0 Å². The van der Waals surface area contributed by atoms with Gasteiger partial charge >= 0.3 is 0 Å². The first kappa shape index (κ1) is 12.4. The Hall–Kier alpha value is -0.0800. The number of rotatable bonds is 2. The minimum Gasteiger partial charge on any atom is -0.317 e. The standard InChI is InChI=1S/C14H28N2/c1-13-4-3-10-16(11-5-13)12-14(2)6-8-15-9-7-14/h13,15H,3-12H2,1-2H3. The van der Waals surface area contributed by atoms with Gasteiger partial charge in [-0.05, 0) is 69.6 Å². The van der Waals surface area contributed by atoms with E-state index < -0.39 is 0 Å². The molecule has 0 saturated carbocycles. The summed E-state index contributed by atoms with van der Waals surface area (Å²) in [5.74, 6) is 0.950. The Balaban J connectivity index is 1.83. The van der Waals surface area contributed by atoms with Gasteiger partial charge in [0.25, 0.3) is 0 Å². The fourth-order valence-corrected chi connectivity index (χ4v) is 3.21. The zero-order valence-corrected chi connectivity index (χ0v) is 11.1. The lowest BCUT2D eigenvalue weighted by Crippen LogP contribution is -2.43. The number of likely N-dealkylation sites (tertiary alicyclic amines) is 1. The third-order valence-electron chi connectivity index (χ3n) is 4.53. The molecule has 2 aliphatic heterocycles. The number of piperidine rings is 1. The molecule has 2 rings (SSSR count). The highest BCUT2D eigenvalue weighted by Gasteiger charge is 2.29. The Kier molecular flexibility index (Phi) is 4.26. The van der Waals surface area contributed by atoms with Crippen LogP contribution in [-0.2, 0) is 0 Å². The molecular weight excluding hydrogens is 196 g/mol. The van der Waals surface area contributed by atoms with Gasteiger partial charge in [-0.1, -0.05) is 13.8 Å². The molecule has 2 aliphatic rings. The van der Waals surface area contributed by atoms with E-state index in [0.717, 1.165) is 5.92 Å². The molecular formula is C14H28N2. The normalized spacial score (nSPS) is 32.2. The quantitative estimate of drug-likeness (QED) is 0.775. The van der Waals surface area contributed by atoms with Crippen molar-refractivity contribution in [3.05, 3.63) is 0 Å². The molecule has 1 N–H and O–H groups in total. The molecule has 0 amide bonds. The van der Waals surface area contributed by atoms with Crippen LogP contribution in [0.2, 0.25) is 0 Å². The molecule has 0 aromatic rings. The Labute approximate surface area is 101 Å². The van der Waals surface area contributed by atoms with E-state index in [0.29, 0.717) is 5.41 Å². The minimum atomic E-state index is 0.582. The van der Waals surface area contributed by atoms with Crippen molar-refractivity contribution in [2.24, 2.45) is 11.3 Å². The fourth-order valence-electron chi connectivity index (χ4n) is 3.21. The summed E-state index contributed by atoms with van der Waals surface area (Å²) in [5, 5.41) is 3.48. The highest BCUT2D eigenvalue weighted by molar-refractivity contribution is 4.84. The summed E-state index contributed by atoms with van der Waals surface area (Å²) in [6.45, 7) is 11.4. The molecule has 0 aliphatic carbocycles. The van der Waals surface area contributed by atoms with E-state index in [9.17, 15) is 0 Å². The van der Waals surface area contributed by atoms with Crippen molar-refractivity contribution < 1.29 is 0 Å². The number of nitrogens with one attached hydrogen (secondary N) is 1. The van der Waals surface area contributed by atoms with E-state index >= 15 is 0 Å². The molecule has 2 fully saturated rings. The van der Waals surface area contributed by atoms with Crippen LogP contribution in [0.4, 0.5) is 0 Å². The predicted molar refractivity (Wildman–Crippen MR) is 69.7 cm³/mol. The molecule has 1 atom stereocenters. The fraction of sp³-hybridized carbons (Fsp3) is 1.00. The molecule has 0 spiro atoms. The summed E-state index contributed by atoms with van der Waals surface area (Å²) in [5.41, 5.74) is 0.582. The van der Waals surface area contributed by atoms with Gasteiger partial charge in [0.05, 0.1) is 0 Å². The second-order valence-electron chi connectivity index (χ2n) is 6.37. The lowest BCUT2D eigenvalue weighted by atomic mass is 9.80. The molecule has 2 heterocycles. The van der Waals surface area contributed by atoms with Gasteiger partial charge in [-0.25, -0.2) is 0 Å². The third-order valence-corrected chi connectivity index (χ3v) is 4.53. The average molecular weight is 224 g/mol. The van der Waals surface area contributed by atoms with Crippen molar-refractivity contribution in [2.45, 2.75) is 46.0 Å². The van der Waals surface area contributed by atoms with Crippen molar-refractivity contribution in [3.8, 4) is 0 Å². The van der Waals surface area contributed by atoms with Crippen LogP contribution < -0.4 is 5.32 Å². The lowest BCUT2D eigenvalue weighted by molar-refractivity contribution is 0.130. The van der Waals surface area contributed by atoms with Crippen LogP contribution in [0.25, 0.3) is 0 Å². The molecule has 16 heavy (non-hydrogen) atoms. The Morgan fingerprint density at radius 2 is 1.94 bits per heavy atom. The number of nitrogens with zero attached hydrogens (tertiary/aromatic N) is 1. The van der Waals surface area contributed by atoms with E-state index in [4.69, 9.17) is 0 Å². The smallest absolute Gasteiger partial charge is 0.00363 e. The second-order valence-corrected chi connectivity index (χ2v) is 6.37. The van der Waals surface area contributed by atoms with Crippen molar-refractivity contribution in [2.75, 3.05) is 32.7 Å². The predicted octanol–water partition coefficient (Wildman–Crippen LogP) is 2.50. The van der Waals surface area contributed by atoms with Gasteiger partial charge in [0.1, 0.15) is 0 Å². The number of hydrogen-bond acceptors (Lipinski definition) is 2. The van der Waals surface area contributed by atoms with Gasteiger partial charge in [-0.3, -0.25) is 0 Å². The zero-order chi connectivity index (χ0) is 11.4. The maximum atomic E-state index is 3.48. The first-order valence-electron chi connectivity index (χ1n) is 7.11. The maximum Gasteiger partial charge on any atom is 0.00363 e. The van der Waals surface area contributed by atoms with Crippen molar-refractivity contribution >= 4 is 0 Å². The van der Waals surface area contributed by atoms with Crippen LogP contribution in [0.5, 0.6) is 0 Å². The molecule has 2 heteroatoms. The summed E-state index contributed by atoms with van der Waals surface area (Å²) >= 11 is 0. The largest absolute Gasteiger partial charge is 0.317 e. The van der Waals surface area contributed by atoms with E-state index in [2.05, 4.69) is 24.1 Å². The Bertz CT molecular complexity index is 209. The van der Waals surface area contributed by atoms with Crippen LogP contribution in [0.1, 0.15) is 46.0 Å². The lowest BCUT2D eigenvalue weighted by Gasteiger charge is -2.38. The van der Waals surface area contributed by atoms with Crippen LogP contribution >= 0.6 is 0 Å². The maximum absolute atomic E-state index is 3.48. The molecule has 0 bridgehead atoms. The molecule has 0 radical (unpaired) electrons. The van der Waals surface area contributed by atoms with Crippen molar-refractivity contribution in [1.29, 1.82) is 0 Å². The molecule has 2 saturated heterocycles. The van der Waals surface area contributed by atoms with Crippen molar-refractivity contribution in [1.82, 2.24) is 10.2 Å². The van der Waals surface area contributed by atoms with Crippen LogP contribution in [0.15, 0.2) is 0 Å². The highest BCUT2D eigenvalue weighted by Crippen LogP contribution is 2.30. The third kappa shape index (κ3) is 3.46. The molecule has 0 aromatic carbocycles. The van der Waals surface area contributed by atoms with E-state index in [-0.39, 0.29) is 0 Å². The Morgan fingerprint density at radius 3 is 2.69 bits per heavy atom. The van der Waals surface area contributed by atoms with Gasteiger partial charge in [0.15, 0.2) is 0 Å². The molecule has 1 unspecified atom stereocenters. The van der Waals surface area contributed by atoms with Gasteiger partial charge in [-0.15, -0.1) is 0 Å². The highest BCUT2D eigenvalue weighted by atomic mass is 15.1. The van der Waals surface area contributed by atoms with Gasteiger partial charge in [0, 0.05) is 6.54 Å². The summed E-state index contributed by atoms with van der Waals surface area (Å²) in [4.78, 5) is 2.73. The Morgan fingerprint density at radius 1 is 1.19 bits per heavy atom. The van der Waals surface area contributed by atoms with E-state index in [1.54, 1.807) is 0 Å². The van der Waals surface area contributed by atoms with E-state index in [1.165, 1.54) is 64.8 Å². The van der Waals surface area contributed by atoms with Crippen LogP contribution in [0, 0.1) is 11.3 Å². The molecule has 2 nitrogen and oxygen atoms in total. The summed E-state index contributed by atoms with van der Waals surface area (Å²) in [7, 11) is 0. The van der Waals surface area contributed by atoms with Crippen LogP contribution in [0.3, 0.4) is 0 Å². The first-order valence-corrected chi connectivity index (χ1v) is 7.11. The first-order chi connectivity index (χ1) is 7.68. The van der Waals surface area contributed by atoms with Crippen molar-refractivity contribution in [3.63, 3.8) is 0 Å². The summed E-state index contributed by atoms with van der Waals surface area (Å²) in [6, 6.07) is 0. The average Bonchev–Trinajstić information content (AvgIpc) is 2.44.